The lowest BCUT2D eigenvalue weighted by atomic mass is 10.1. The van der Waals surface area contributed by atoms with Gasteiger partial charge < -0.3 is 25.0 Å². The Morgan fingerprint density at radius 2 is 1.60 bits per heavy atom. The van der Waals surface area contributed by atoms with Gasteiger partial charge in [0.2, 0.25) is 17.5 Å². The molecule has 0 fully saturated rings. The number of hydrogen-bond acceptors (Lipinski definition) is 8. The van der Waals surface area contributed by atoms with Crippen LogP contribution in [-0.2, 0) is 24.2 Å². The first kappa shape index (κ1) is 28.3. The molecule has 0 aliphatic heterocycles. The molecule has 1 atom stereocenters. The van der Waals surface area contributed by atoms with E-state index in [0.29, 0.717) is 19.6 Å². The quantitative estimate of drug-likeness (QED) is 0.174. The number of rotatable bonds is 14. The number of nitrogens with two attached hydrogens (primary N) is 1. The lowest BCUT2D eigenvalue weighted by Gasteiger charge is -2.14. The molecule has 0 saturated carbocycles. The number of Topliss-reactive ketones (excluding diaryl/α,β-unsaturated/α-hetero) is 1. The second kappa shape index (κ2) is 15.0. The predicted octanol–water partition coefficient (Wildman–Crippen LogP) is 4.66. The van der Waals surface area contributed by atoms with Crippen molar-refractivity contribution in [3.05, 3.63) is 125 Å². The molecule has 3 aromatic carbocycles. The SMILES string of the molecule is NC/C=C/CC(NC(=O)OCc1ccccc1)C(=O)c1noc(Cc2ccc(OCCc3ccccc3)cc2)n1. The van der Waals surface area contributed by atoms with E-state index in [1.54, 1.807) is 12.2 Å². The zero-order valence-corrected chi connectivity index (χ0v) is 22.1. The van der Waals surface area contributed by atoms with Gasteiger partial charge in [-0.2, -0.15) is 4.98 Å². The third-order valence-corrected chi connectivity index (χ3v) is 5.97. The molecule has 0 radical (unpaired) electrons. The standard InChI is InChI=1S/C31H32N4O5/c32-19-8-7-13-27(33-31(37)39-22-25-11-5-2-6-12-25)29(36)30-34-28(40-35-30)21-24-14-16-26(17-15-24)38-20-18-23-9-3-1-4-10-23/h1-12,14-17,27H,13,18-22,32H2,(H,33,37)/b8-7+. The average molecular weight is 541 g/mol. The molecule has 0 spiro atoms. The Bertz CT molecular complexity index is 1370. The first-order valence-electron chi connectivity index (χ1n) is 13.1. The molecule has 9 nitrogen and oxygen atoms in total. The second-order valence-electron chi connectivity index (χ2n) is 8.98. The maximum atomic E-state index is 13.1. The van der Waals surface area contributed by atoms with Crippen LogP contribution in [0, 0.1) is 0 Å². The van der Waals surface area contributed by atoms with Gasteiger partial charge in [0.05, 0.1) is 13.0 Å². The van der Waals surface area contributed by atoms with Gasteiger partial charge in [-0.3, -0.25) is 4.79 Å². The van der Waals surface area contributed by atoms with Gasteiger partial charge in [0.15, 0.2) is 0 Å². The number of nitrogens with zero attached hydrogens (tertiary/aromatic N) is 2. The van der Waals surface area contributed by atoms with E-state index in [0.717, 1.165) is 23.3 Å². The molecule has 9 heteroatoms. The van der Waals surface area contributed by atoms with Crippen LogP contribution in [0.4, 0.5) is 4.79 Å². The number of nitrogens with one attached hydrogen (secondary N) is 1. The highest BCUT2D eigenvalue weighted by Crippen LogP contribution is 2.16. The number of aromatic nitrogens is 2. The maximum Gasteiger partial charge on any atom is 0.408 e. The largest absolute Gasteiger partial charge is 0.493 e. The summed E-state index contributed by atoms with van der Waals surface area (Å²) in [6, 6.07) is 26.1. The summed E-state index contributed by atoms with van der Waals surface area (Å²) >= 11 is 0. The van der Waals surface area contributed by atoms with Crippen molar-refractivity contribution >= 4 is 11.9 Å². The molecule has 0 aliphatic carbocycles. The zero-order chi connectivity index (χ0) is 28.0. The van der Waals surface area contributed by atoms with Crippen LogP contribution in [-0.4, -0.2) is 41.2 Å². The smallest absolute Gasteiger partial charge is 0.408 e. The van der Waals surface area contributed by atoms with Gasteiger partial charge in [-0.05, 0) is 35.2 Å². The molecule has 1 heterocycles. The number of alkyl carbamates (subject to hydrolysis) is 1. The fourth-order valence-electron chi connectivity index (χ4n) is 3.86. The highest BCUT2D eigenvalue weighted by molar-refractivity contribution is 5.98. The molecule has 4 rings (SSSR count). The highest BCUT2D eigenvalue weighted by Gasteiger charge is 2.26. The van der Waals surface area contributed by atoms with E-state index in [-0.39, 0.29) is 24.7 Å². The van der Waals surface area contributed by atoms with Crippen molar-refractivity contribution in [2.24, 2.45) is 5.73 Å². The van der Waals surface area contributed by atoms with Crippen LogP contribution >= 0.6 is 0 Å². The number of carbonyl (C=O) groups is 2. The summed E-state index contributed by atoms with van der Waals surface area (Å²) in [5, 5.41) is 6.45. The van der Waals surface area contributed by atoms with E-state index in [9.17, 15) is 9.59 Å². The monoisotopic (exact) mass is 540 g/mol. The molecule has 1 unspecified atom stereocenters. The summed E-state index contributed by atoms with van der Waals surface area (Å²) in [4.78, 5) is 29.8. The zero-order valence-electron chi connectivity index (χ0n) is 22.1. The molecule has 4 aromatic rings. The molecular weight excluding hydrogens is 508 g/mol. The first-order chi connectivity index (χ1) is 19.6. The summed E-state index contributed by atoms with van der Waals surface area (Å²) < 4.78 is 16.4. The fourth-order valence-corrected chi connectivity index (χ4v) is 3.86. The van der Waals surface area contributed by atoms with Crippen molar-refractivity contribution in [1.29, 1.82) is 0 Å². The Morgan fingerprint density at radius 1 is 0.900 bits per heavy atom. The topological polar surface area (TPSA) is 130 Å². The molecule has 0 saturated heterocycles. The molecule has 206 valence electrons. The van der Waals surface area contributed by atoms with Crippen molar-refractivity contribution in [1.82, 2.24) is 15.5 Å². The number of amides is 1. The number of hydrogen-bond donors (Lipinski definition) is 2. The normalized spacial score (nSPS) is 11.7. The summed E-state index contributed by atoms with van der Waals surface area (Å²) in [6.45, 7) is 0.964. The minimum Gasteiger partial charge on any atom is -0.493 e. The van der Waals surface area contributed by atoms with Crippen LogP contribution in [0.1, 0.15) is 39.6 Å². The highest BCUT2D eigenvalue weighted by atomic mass is 16.5. The Balaban J connectivity index is 1.31. The lowest BCUT2D eigenvalue weighted by molar-refractivity contribution is 0.0905. The van der Waals surface area contributed by atoms with E-state index in [2.05, 4.69) is 27.6 Å². The van der Waals surface area contributed by atoms with Gasteiger partial charge in [-0.25, -0.2) is 4.79 Å². The lowest BCUT2D eigenvalue weighted by Crippen LogP contribution is -2.41. The van der Waals surface area contributed by atoms with Crippen LogP contribution in [0.15, 0.2) is 102 Å². The molecule has 1 aromatic heterocycles. The number of carbonyl (C=O) groups excluding carboxylic acids is 2. The third-order valence-electron chi connectivity index (χ3n) is 5.97. The van der Waals surface area contributed by atoms with Gasteiger partial charge in [0.1, 0.15) is 18.4 Å². The summed E-state index contributed by atoms with van der Waals surface area (Å²) in [6.07, 6.45) is 4.06. The van der Waals surface area contributed by atoms with Crippen molar-refractivity contribution < 1.29 is 23.6 Å². The molecule has 1 amide bonds. The van der Waals surface area contributed by atoms with Gasteiger partial charge in [0.25, 0.3) is 0 Å². The van der Waals surface area contributed by atoms with Crippen LogP contribution < -0.4 is 15.8 Å². The van der Waals surface area contributed by atoms with Crippen molar-refractivity contribution in [3.8, 4) is 5.75 Å². The average Bonchev–Trinajstić information content (AvgIpc) is 3.46. The molecule has 40 heavy (non-hydrogen) atoms. The van der Waals surface area contributed by atoms with E-state index in [1.165, 1.54) is 5.56 Å². The minimum absolute atomic E-state index is 0.0788. The Labute approximate surface area is 233 Å². The van der Waals surface area contributed by atoms with E-state index >= 15 is 0 Å². The van der Waals surface area contributed by atoms with E-state index < -0.39 is 17.9 Å². The van der Waals surface area contributed by atoms with Crippen LogP contribution in [0.25, 0.3) is 0 Å². The first-order valence-corrected chi connectivity index (χ1v) is 13.1. The molecule has 3 N–H and O–H groups in total. The van der Waals surface area contributed by atoms with Crippen molar-refractivity contribution in [3.63, 3.8) is 0 Å². The second-order valence-corrected chi connectivity index (χ2v) is 8.98. The van der Waals surface area contributed by atoms with Crippen molar-refractivity contribution in [2.45, 2.75) is 31.9 Å². The summed E-state index contributed by atoms with van der Waals surface area (Å²) in [7, 11) is 0. The van der Waals surface area contributed by atoms with Gasteiger partial charge in [-0.1, -0.05) is 90.1 Å². The predicted molar refractivity (Wildman–Crippen MR) is 150 cm³/mol. The van der Waals surface area contributed by atoms with Crippen LogP contribution in [0.2, 0.25) is 0 Å². The molecule has 0 bridgehead atoms. The fraction of sp³-hybridized carbons (Fsp3) is 0.226. The maximum absolute atomic E-state index is 13.1. The van der Waals surface area contributed by atoms with Gasteiger partial charge >= 0.3 is 6.09 Å². The minimum atomic E-state index is -0.941. The molecular formula is C31H32N4O5. The van der Waals surface area contributed by atoms with Crippen molar-refractivity contribution in [2.75, 3.05) is 13.2 Å². The molecule has 0 aliphatic rings. The van der Waals surface area contributed by atoms with Gasteiger partial charge in [-0.15, -0.1) is 0 Å². The summed E-state index contributed by atoms with van der Waals surface area (Å²) in [5.41, 5.74) is 8.49. The van der Waals surface area contributed by atoms with E-state index in [4.69, 9.17) is 19.7 Å². The number of ketones is 1. The Hall–Kier alpha value is -4.76. The van der Waals surface area contributed by atoms with Gasteiger partial charge in [0, 0.05) is 13.0 Å². The van der Waals surface area contributed by atoms with E-state index in [1.807, 2.05) is 72.8 Å². The number of benzene rings is 3. The Morgan fingerprint density at radius 3 is 2.30 bits per heavy atom. The Kier molecular flexibility index (Phi) is 10.6. The summed E-state index contributed by atoms with van der Waals surface area (Å²) in [5.74, 6) is 0.435. The van der Waals surface area contributed by atoms with Crippen LogP contribution in [0.5, 0.6) is 5.75 Å². The third kappa shape index (κ3) is 8.92. The van der Waals surface area contributed by atoms with Crippen LogP contribution in [0.3, 0.4) is 0 Å². The number of ether oxygens (including phenoxy) is 2.